The second-order valence-electron chi connectivity index (χ2n) is 6.48. The van der Waals surface area contributed by atoms with E-state index in [0.717, 1.165) is 11.1 Å². The largest absolute Gasteiger partial charge is 0.495 e. The molecule has 2 rings (SSSR count). The zero-order valence-electron chi connectivity index (χ0n) is 16.2. The number of aryl methyl sites for hydroxylation is 2. The van der Waals surface area contributed by atoms with E-state index in [1.165, 1.54) is 10.6 Å². The minimum Gasteiger partial charge on any atom is -0.495 e. The average molecular weight is 391 g/mol. The molecule has 0 spiro atoms. The Kier molecular flexibility index (Phi) is 6.85. The molecule has 0 atom stereocenters. The van der Waals surface area contributed by atoms with Crippen molar-refractivity contribution in [3.63, 3.8) is 0 Å². The van der Waals surface area contributed by atoms with Gasteiger partial charge in [0, 0.05) is 13.0 Å². The number of ether oxygens (including phenoxy) is 1. The lowest BCUT2D eigenvalue weighted by atomic mass is 10.2. The molecule has 7 heteroatoms. The number of carbonyl (C=O) groups excluding carboxylic acids is 1. The van der Waals surface area contributed by atoms with Gasteiger partial charge in [-0.3, -0.25) is 9.10 Å². The molecular weight excluding hydrogens is 364 g/mol. The second-order valence-corrected chi connectivity index (χ2v) is 8.38. The van der Waals surface area contributed by atoms with Crippen LogP contribution in [0.1, 0.15) is 24.0 Å². The Bertz CT molecular complexity index is 910. The number of hydrogen-bond donors (Lipinski definition) is 1. The number of nitrogens with one attached hydrogen (secondary N) is 1. The van der Waals surface area contributed by atoms with Crippen molar-refractivity contribution in [2.45, 2.75) is 26.7 Å². The van der Waals surface area contributed by atoms with Gasteiger partial charge in [0.05, 0.1) is 24.7 Å². The fourth-order valence-corrected chi connectivity index (χ4v) is 3.85. The van der Waals surface area contributed by atoms with Crippen molar-refractivity contribution >= 4 is 27.3 Å². The average Bonchev–Trinajstić information content (AvgIpc) is 2.59. The summed E-state index contributed by atoms with van der Waals surface area (Å²) in [5, 5.41) is 2.83. The molecule has 1 amide bonds. The van der Waals surface area contributed by atoms with Crippen LogP contribution < -0.4 is 14.4 Å². The molecule has 2 aromatic rings. The van der Waals surface area contributed by atoms with Crippen molar-refractivity contribution in [3.05, 3.63) is 53.6 Å². The lowest BCUT2D eigenvalue weighted by molar-refractivity contribution is -0.116. The molecule has 0 aliphatic carbocycles. The Morgan fingerprint density at radius 3 is 2.48 bits per heavy atom. The lowest BCUT2D eigenvalue weighted by Gasteiger charge is -2.24. The normalized spacial score (nSPS) is 11.1. The van der Waals surface area contributed by atoms with E-state index in [-0.39, 0.29) is 18.9 Å². The highest BCUT2D eigenvalue weighted by molar-refractivity contribution is 7.92. The van der Waals surface area contributed by atoms with E-state index in [0.29, 0.717) is 23.5 Å². The minimum atomic E-state index is -3.43. The Labute approximate surface area is 161 Å². The number of nitrogens with zero attached hydrogens (tertiary/aromatic N) is 1. The molecule has 0 aliphatic rings. The highest BCUT2D eigenvalue weighted by atomic mass is 32.2. The highest BCUT2D eigenvalue weighted by Gasteiger charge is 2.19. The van der Waals surface area contributed by atoms with Crippen LogP contribution in [-0.4, -0.2) is 34.2 Å². The monoisotopic (exact) mass is 390 g/mol. The molecule has 0 bridgehead atoms. The number of para-hydroxylation sites is 1. The van der Waals surface area contributed by atoms with Crippen LogP contribution in [0.25, 0.3) is 0 Å². The number of benzene rings is 2. The maximum Gasteiger partial charge on any atom is 0.232 e. The van der Waals surface area contributed by atoms with Gasteiger partial charge in [-0.05, 0) is 49.6 Å². The predicted molar refractivity (Wildman–Crippen MR) is 109 cm³/mol. The lowest BCUT2D eigenvalue weighted by Crippen LogP contribution is -2.32. The van der Waals surface area contributed by atoms with Crippen molar-refractivity contribution in [1.82, 2.24) is 0 Å². The summed E-state index contributed by atoms with van der Waals surface area (Å²) < 4.78 is 31.0. The molecule has 1 N–H and O–H groups in total. The summed E-state index contributed by atoms with van der Waals surface area (Å²) in [6.07, 6.45) is 1.79. The summed E-state index contributed by atoms with van der Waals surface area (Å²) in [6, 6.07) is 12.8. The molecule has 0 aliphatic heterocycles. The van der Waals surface area contributed by atoms with E-state index in [1.54, 1.807) is 25.3 Å². The number of methoxy groups -OCH3 is 1. The quantitative estimate of drug-likeness (QED) is 0.749. The second kappa shape index (κ2) is 8.90. The van der Waals surface area contributed by atoms with E-state index in [4.69, 9.17) is 4.74 Å². The van der Waals surface area contributed by atoms with E-state index in [2.05, 4.69) is 5.32 Å². The van der Waals surface area contributed by atoms with E-state index < -0.39 is 10.0 Å². The third-order valence-corrected chi connectivity index (χ3v) is 5.36. The Hall–Kier alpha value is -2.54. The smallest absolute Gasteiger partial charge is 0.232 e. The molecule has 0 heterocycles. The molecular formula is C20H26N2O4S. The van der Waals surface area contributed by atoms with Crippen molar-refractivity contribution in [3.8, 4) is 5.75 Å². The molecule has 0 fully saturated rings. The zero-order valence-corrected chi connectivity index (χ0v) is 17.0. The van der Waals surface area contributed by atoms with Gasteiger partial charge in [-0.2, -0.15) is 0 Å². The first-order valence-electron chi connectivity index (χ1n) is 8.70. The molecule has 6 nitrogen and oxygen atoms in total. The molecule has 0 saturated carbocycles. The van der Waals surface area contributed by atoms with Gasteiger partial charge < -0.3 is 10.1 Å². The summed E-state index contributed by atoms with van der Waals surface area (Å²) in [5.41, 5.74) is 3.13. The van der Waals surface area contributed by atoms with Crippen LogP contribution in [0.3, 0.4) is 0 Å². The first kappa shape index (κ1) is 20.8. The van der Waals surface area contributed by atoms with Gasteiger partial charge in [0.25, 0.3) is 0 Å². The van der Waals surface area contributed by atoms with Crippen LogP contribution in [0.5, 0.6) is 5.75 Å². The maximum absolute atomic E-state index is 12.3. The number of sulfonamides is 1. The Morgan fingerprint density at radius 1 is 1.15 bits per heavy atom. The summed E-state index contributed by atoms with van der Waals surface area (Å²) in [7, 11) is -1.88. The highest BCUT2D eigenvalue weighted by Crippen LogP contribution is 2.26. The molecule has 146 valence electrons. The molecule has 0 radical (unpaired) electrons. The minimum absolute atomic E-state index is 0.183. The SMILES string of the molecule is COc1ccc(C)cc1NC(=O)CCCN(c1ccccc1C)S(C)(=O)=O. The van der Waals surface area contributed by atoms with E-state index in [9.17, 15) is 13.2 Å². The van der Waals surface area contributed by atoms with E-state index in [1.807, 2.05) is 38.1 Å². The van der Waals surface area contributed by atoms with Crippen molar-refractivity contribution in [1.29, 1.82) is 0 Å². The number of anilines is 2. The van der Waals surface area contributed by atoms with Gasteiger partial charge in [0.15, 0.2) is 0 Å². The standard InChI is InChI=1S/C20H26N2O4S/c1-15-11-12-19(26-3)17(14-15)21-20(23)10-7-13-22(27(4,24)25)18-9-6-5-8-16(18)2/h5-6,8-9,11-12,14H,7,10,13H2,1-4H3,(H,21,23). The third kappa shape index (κ3) is 5.72. The summed E-state index contributed by atoms with van der Waals surface area (Å²) in [6.45, 7) is 4.04. The van der Waals surface area contributed by atoms with Crippen LogP contribution >= 0.6 is 0 Å². The predicted octanol–water partition coefficient (Wildman–Crippen LogP) is 3.50. The van der Waals surface area contributed by atoms with Crippen molar-refractivity contribution < 1.29 is 17.9 Å². The van der Waals surface area contributed by atoms with Gasteiger partial charge in [0.2, 0.25) is 15.9 Å². The number of rotatable bonds is 8. The first-order valence-corrected chi connectivity index (χ1v) is 10.5. The topological polar surface area (TPSA) is 75.7 Å². The molecule has 2 aromatic carbocycles. The number of carbonyl (C=O) groups is 1. The zero-order chi connectivity index (χ0) is 20.0. The molecule has 27 heavy (non-hydrogen) atoms. The maximum atomic E-state index is 12.3. The Morgan fingerprint density at radius 2 is 1.85 bits per heavy atom. The van der Waals surface area contributed by atoms with Crippen molar-refractivity contribution in [2.75, 3.05) is 29.5 Å². The van der Waals surface area contributed by atoms with E-state index >= 15 is 0 Å². The summed E-state index contributed by atoms with van der Waals surface area (Å²) in [5.74, 6) is 0.406. The van der Waals surface area contributed by atoms with Gasteiger partial charge in [-0.15, -0.1) is 0 Å². The summed E-state index contributed by atoms with van der Waals surface area (Å²) >= 11 is 0. The Balaban J connectivity index is 2.02. The molecule has 0 saturated heterocycles. The fourth-order valence-electron chi connectivity index (χ4n) is 2.82. The van der Waals surface area contributed by atoms with Crippen LogP contribution in [-0.2, 0) is 14.8 Å². The van der Waals surface area contributed by atoms with Crippen molar-refractivity contribution in [2.24, 2.45) is 0 Å². The van der Waals surface area contributed by atoms with Crippen LogP contribution in [0.4, 0.5) is 11.4 Å². The van der Waals surface area contributed by atoms with Gasteiger partial charge in [-0.25, -0.2) is 8.42 Å². The molecule has 0 unspecified atom stereocenters. The van der Waals surface area contributed by atoms with Gasteiger partial charge in [0.1, 0.15) is 5.75 Å². The number of amides is 1. The van der Waals surface area contributed by atoms with Gasteiger partial charge >= 0.3 is 0 Å². The molecule has 0 aromatic heterocycles. The third-order valence-electron chi connectivity index (χ3n) is 4.18. The number of hydrogen-bond acceptors (Lipinski definition) is 4. The fraction of sp³-hybridized carbons (Fsp3) is 0.350. The van der Waals surface area contributed by atoms with Crippen LogP contribution in [0.15, 0.2) is 42.5 Å². The summed E-state index contributed by atoms with van der Waals surface area (Å²) in [4.78, 5) is 12.3. The van der Waals surface area contributed by atoms with Gasteiger partial charge in [-0.1, -0.05) is 24.3 Å². The van der Waals surface area contributed by atoms with Crippen LogP contribution in [0, 0.1) is 13.8 Å². The van der Waals surface area contributed by atoms with Crippen LogP contribution in [0.2, 0.25) is 0 Å². The first-order chi connectivity index (χ1) is 12.7.